The van der Waals surface area contributed by atoms with Crippen molar-refractivity contribution in [2.45, 2.75) is 20.4 Å². The molecule has 1 fully saturated rings. The molecule has 1 aliphatic rings. The second-order valence-electron chi connectivity index (χ2n) is 7.01. The molecule has 0 N–H and O–H groups in total. The molecular weight excluding hydrogens is 393 g/mol. The molecule has 0 atom stereocenters. The maximum atomic E-state index is 13.6. The van der Waals surface area contributed by atoms with Gasteiger partial charge in [0.2, 0.25) is 0 Å². The fourth-order valence-corrected chi connectivity index (χ4v) is 4.44. The highest BCUT2D eigenvalue weighted by atomic mass is 32.1. The summed E-state index contributed by atoms with van der Waals surface area (Å²) in [5.74, 6) is -0.496. The van der Waals surface area contributed by atoms with Gasteiger partial charge in [0.1, 0.15) is 5.82 Å². The molecule has 7 nitrogen and oxygen atoms in total. The van der Waals surface area contributed by atoms with E-state index in [-0.39, 0.29) is 11.7 Å². The molecule has 0 saturated carbocycles. The number of thiazole rings is 1. The summed E-state index contributed by atoms with van der Waals surface area (Å²) in [5.41, 5.74) is 2.03. The highest BCUT2D eigenvalue weighted by molar-refractivity contribution is 7.22. The van der Waals surface area contributed by atoms with E-state index in [4.69, 9.17) is 4.74 Å². The minimum atomic E-state index is -0.309. The SMILES string of the molecule is CCn1nc(C(=O)N(CCN2CCOCC2)c2nc3ccc(F)cc3s2)cc1C. The molecule has 0 aliphatic carbocycles. The fourth-order valence-electron chi connectivity index (χ4n) is 3.43. The second-order valence-corrected chi connectivity index (χ2v) is 8.02. The molecule has 3 heterocycles. The van der Waals surface area contributed by atoms with E-state index < -0.39 is 0 Å². The molecular formula is C20H24FN5O2S. The second kappa shape index (κ2) is 8.56. The molecule has 1 saturated heterocycles. The van der Waals surface area contributed by atoms with Crippen molar-refractivity contribution in [3.8, 4) is 0 Å². The van der Waals surface area contributed by atoms with Crippen LogP contribution >= 0.6 is 11.3 Å². The first-order chi connectivity index (χ1) is 14.0. The largest absolute Gasteiger partial charge is 0.379 e. The number of aryl methyl sites for hydroxylation is 2. The number of amides is 1. The molecule has 154 valence electrons. The van der Waals surface area contributed by atoms with Crippen LogP contribution in [-0.4, -0.2) is 65.0 Å². The monoisotopic (exact) mass is 417 g/mol. The van der Waals surface area contributed by atoms with Crippen LogP contribution in [0.4, 0.5) is 9.52 Å². The number of halogens is 1. The van der Waals surface area contributed by atoms with Crippen LogP contribution in [0.15, 0.2) is 24.3 Å². The summed E-state index contributed by atoms with van der Waals surface area (Å²) in [7, 11) is 0. The zero-order chi connectivity index (χ0) is 20.4. The van der Waals surface area contributed by atoms with Gasteiger partial charge >= 0.3 is 0 Å². The summed E-state index contributed by atoms with van der Waals surface area (Å²) in [6.45, 7) is 8.92. The molecule has 1 aromatic carbocycles. The van der Waals surface area contributed by atoms with Gasteiger partial charge in [-0.25, -0.2) is 9.37 Å². The van der Waals surface area contributed by atoms with Gasteiger partial charge in [0, 0.05) is 38.4 Å². The zero-order valence-electron chi connectivity index (χ0n) is 16.6. The molecule has 29 heavy (non-hydrogen) atoms. The highest BCUT2D eigenvalue weighted by Crippen LogP contribution is 2.30. The average Bonchev–Trinajstić information content (AvgIpc) is 3.31. The number of morpholine rings is 1. The minimum absolute atomic E-state index is 0.187. The molecule has 4 rings (SSSR count). The number of hydrogen-bond acceptors (Lipinski definition) is 6. The van der Waals surface area contributed by atoms with Crippen LogP contribution in [-0.2, 0) is 11.3 Å². The van der Waals surface area contributed by atoms with Crippen molar-refractivity contribution < 1.29 is 13.9 Å². The van der Waals surface area contributed by atoms with Gasteiger partial charge in [-0.1, -0.05) is 11.3 Å². The number of carbonyl (C=O) groups excluding carboxylic acids is 1. The van der Waals surface area contributed by atoms with Crippen molar-refractivity contribution in [3.63, 3.8) is 0 Å². The number of carbonyl (C=O) groups is 1. The standard InChI is InChI=1S/C20H24FN5O2S/c1-3-26-14(2)12-17(23-26)19(27)25(7-6-24-8-10-28-11-9-24)20-22-16-5-4-15(21)13-18(16)29-20/h4-5,12-13H,3,6-11H2,1-2H3. The number of anilines is 1. The number of fused-ring (bicyclic) bond motifs is 1. The Balaban J connectivity index is 1.63. The first kappa shape index (κ1) is 19.9. The molecule has 0 spiro atoms. The topological polar surface area (TPSA) is 63.5 Å². The summed E-state index contributed by atoms with van der Waals surface area (Å²) in [6.07, 6.45) is 0. The Bertz CT molecular complexity index is 1010. The molecule has 3 aromatic rings. The van der Waals surface area contributed by atoms with Crippen LogP contribution < -0.4 is 4.90 Å². The van der Waals surface area contributed by atoms with Crippen LogP contribution in [0.2, 0.25) is 0 Å². The quantitative estimate of drug-likeness (QED) is 0.617. The van der Waals surface area contributed by atoms with Crippen molar-refractivity contribution in [2.75, 3.05) is 44.3 Å². The maximum Gasteiger partial charge on any atom is 0.280 e. The van der Waals surface area contributed by atoms with Gasteiger partial charge in [-0.3, -0.25) is 19.3 Å². The van der Waals surface area contributed by atoms with Crippen molar-refractivity contribution in [2.24, 2.45) is 0 Å². The van der Waals surface area contributed by atoms with E-state index in [1.165, 1.54) is 23.5 Å². The Morgan fingerprint density at radius 1 is 1.31 bits per heavy atom. The lowest BCUT2D eigenvalue weighted by molar-refractivity contribution is 0.0391. The van der Waals surface area contributed by atoms with Gasteiger partial charge in [-0.05, 0) is 38.1 Å². The lowest BCUT2D eigenvalue weighted by Gasteiger charge is -2.29. The summed E-state index contributed by atoms with van der Waals surface area (Å²) in [5, 5.41) is 5.01. The third-order valence-corrected chi connectivity index (χ3v) is 6.10. The van der Waals surface area contributed by atoms with E-state index in [0.717, 1.165) is 23.5 Å². The zero-order valence-corrected chi connectivity index (χ0v) is 17.4. The first-order valence-corrected chi connectivity index (χ1v) is 10.6. The van der Waals surface area contributed by atoms with Gasteiger partial charge in [0.15, 0.2) is 10.8 Å². The predicted molar refractivity (Wildman–Crippen MR) is 111 cm³/mol. The lowest BCUT2D eigenvalue weighted by Crippen LogP contribution is -2.43. The minimum Gasteiger partial charge on any atom is -0.379 e. The number of nitrogens with zero attached hydrogens (tertiary/aromatic N) is 5. The Labute approximate surface area is 172 Å². The van der Waals surface area contributed by atoms with Crippen LogP contribution in [0.3, 0.4) is 0 Å². The average molecular weight is 418 g/mol. The normalized spacial score (nSPS) is 15.1. The number of hydrogen-bond donors (Lipinski definition) is 0. The Morgan fingerprint density at radius 2 is 2.10 bits per heavy atom. The Kier molecular flexibility index (Phi) is 5.89. The maximum absolute atomic E-state index is 13.6. The molecule has 1 aliphatic heterocycles. The van der Waals surface area contributed by atoms with E-state index in [2.05, 4.69) is 15.0 Å². The fraction of sp³-hybridized carbons (Fsp3) is 0.450. The Hall–Kier alpha value is -2.36. The van der Waals surface area contributed by atoms with E-state index in [1.807, 2.05) is 13.8 Å². The van der Waals surface area contributed by atoms with E-state index in [1.54, 1.807) is 21.7 Å². The molecule has 0 bridgehead atoms. The van der Waals surface area contributed by atoms with Gasteiger partial charge < -0.3 is 4.74 Å². The summed E-state index contributed by atoms with van der Waals surface area (Å²) in [6, 6.07) is 6.29. The van der Waals surface area contributed by atoms with Crippen molar-refractivity contribution in [3.05, 3.63) is 41.5 Å². The summed E-state index contributed by atoms with van der Waals surface area (Å²) >= 11 is 1.32. The number of ether oxygens (including phenoxy) is 1. The number of benzene rings is 1. The Morgan fingerprint density at radius 3 is 2.83 bits per heavy atom. The van der Waals surface area contributed by atoms with Crippen LogP contribution in [0.5, 0.6) is 0 Å². The summed E-state index contributed by atoms with van der Waals surface area (Å²) < 4.78 is 21.5. The van der Waals surface area contributed by atoms with E-state index in [0.29, 0.717) is 49.2 Å². The molecule has 2 aromatic heterocycles. The van der Waals surface area contributed by atoms with Gasteiger partial charge in [0.05, 0.1) is 23.4 Å². The van der Waals surface area contributed by atoms with Crippen LogP contribution in [0.25, 0.3) is 10.2 Å². The van der Waals surface area contributed by atoms with E-state index in [9.17, 15) is 9.18 Å². The third-order valence-electron chi connectivity index (χ3n) is 5.06. The number of aromatic nitrogens is 3. The molecule has 9 heteroatoms. The highest BCUT2D eigenvalue weighted by Gasteiger charge is 2.25. The van der Waals surface area contributed by atoms with Crippen molar-refractivity contribution in [1.29, 1.82) is 0 Å². The summed E-state index contributed by atoms with van der Waals surface area (Å²) in [4.78, 5) is 21.9. The van der Waals surface area contributed by atoms with Crippen molar-refractivity contribution in [1.82, 2.24) is 19.7 Å². The third kappa shape index (κ3) is 4.31. The van der Waals surface area contributed by atoms with Crippen LogP contribution in [0, 0.1) is 12.7 Å². The van der Waals surface area contributed by atoms with Crippen molar-refractivity contribution >= 4 is 32.6 Å². The van der Waals surface area contributed by atoms with Gasteiger partial charge in [0.25, 0.3) is 5.91 Å². The first-order valence-electron chi connectivity index (χ1n) is 9.77. The smallest absolute Gasteiger partial charge is 0.280 e. The lowest BCUT2D eigenvalue weighted by atomic mass is 10.3. The molecule has 1 amide bonds. The predicted octanol–water partition coefficient (Wildman–Crippen LogP) is 2.94. The van der Waals surface area contributed by atoms with Crippen LogP contribution in [0.1, 0.15) is 23.1 Å². The van der Waals surface area contributed by atoms with Gasteiger partial charge in [-0.2, -0.15) is 5.10 Å². The van der Waals surface area contributed by atoms with Gasteiger partial charge in [-0.15, -0.1) is 0 Å². The number of rotatable bonds is 6. The van der Waals surface area contributed by atoms with E-state index >= 15 is 0 Å². The molecule has 0 unspecified atom stereocenters. The molecule has 0 radical (unpaired) electrons.